The standard InChI is InChI=1S/C18H23N5O9S2/c1-10-11(9-19-33(5,26)27)6-7-12(16(24)32-4)15(10)34(28,29)23-18(25)22-17-20-13(30-2)8-14(21-17)31-3/h6-8,19H,9H2,1-5H3,(H2,20,21,22,23,25). The Balaban J connectivity index is 2.43. The van der Waals surface area contributed by atoms with Crippen molar-refractivity contribution in [3.05, 3.63) is 34.9 Å². The number of hydrogen-bond donors (Lipinski definition) is 3. The number of amides is 2. The Labute approximate surface area is 196 Å². The molecular weight excluding hydrogens is 494 g/mol. The zero-order valence-corrected chi connectivity index (χ0v) is 20.5. The molecule has 14 nitrogen and oxygen atoms in total. The van der Waals surface area contributed by atoms with Crippen molar-refractivity contribution in [1.82, 2.24) is 19.4 Å². The van der Waals surface area contributed by atoms with Gasteiger partial charge >= 0.3 is 12.0 Å². The Morgan fingerprint density at radius 2 is 1.59 bits per heavy atom. The summed E-state index contributed by atoms with van der Waals surface area (Å²) < 4.78 is 67.6. The number of nitrogens with zero attached hydrogens (tertiary/aromatic N) is 2. The molecule has 0 atom stereocenters. The van der Waals surface area contributed by atoms with Crippen LogP contribution in [0.25, 0.3) is 0 Å². The first kappa shape index (κ1) is 26.7. The maximum atomic E-state index is 13.1. The molecule has 1 heterocycles. The number of methoxy groups -OCH3 is 3. The van der Waals surface area contributed by atoms with E-state index in [1.165, 1.54) is 33.3 Å². The van der Waals surface area contributed by atoms with Crippen LogP contribution in [0.1, 0.15) is 21.5 Å². The fourth-order valence-electron chi connectivity index (χ4n) is 2.72. The van der Waals surface area contributed by atoms with Gasteiger partial charge in [0.05, 0.1) is 39.2 Å². The Bertz CT molecular complexity index is 1290. The highest BCUT2D eigenvalue weighted by Crippen LogP contribution is 2.25. The molecule has 1 aromatic carbocycles. The van der Waals surface area contributed by atoms with E-state index in [9.17, 15) is 26.4 Å². The molecule has 2 amide bonds. The van der Waals surface area contributed by atoms with Crippen LogP contribution < -0.4 is 24.2 Å². The molecule has 186 valence electrons. The molecule has 0 aliphatic rings. The maximum Gasteiger partial charge on any atom is 0.339 e. The molecule has 0 spiro atoms. The SMILES string of the molecule is COC(=O)c1ccc(CNS(C)(=O)=O)c(C)c1S(=O)(=O)NC(=O)Nc1nc(OC)cc(OC)n1. The van der Waals surface area contributed by atoms with Gasteiger partial charge in [0.2, 0.25) is 27.7 Å². The number of rotatable bonds is 9. The molecule has 0 saturated carbocycles. The minimum atomic E-state index is -4.66. The summed E-state index contributed by atoms with van der Waals surface area (Å²) in [6.45, 7) is 1.10. The van der Waals surface area contributed by atoms with Crippen molar-refractivity contribution >= 4 is 38.0 Å². The topological polar surface area (TPSA) is 192 Å². The zero-order chi connectivity index (χ0) is 25.7. The molecule has 0 saturated heterocycles. The van der Waals surface area contributed by atoms with Gasteiger partial charge in [0.15, 0.2) is 0 Å². The van der Waals surface area contributed by atoms with Crippen LogP contribution in [0.2, 0.25) is 0 Å². The lowest BCUT2D eigenvalue weighted by Crippen LogP contribution is -2.36. The molecule has 2 aromatic rings. The molecule has 0 aliphatic heterocycles. The number of carbonyl (C=O) groups is 2. The first-order valence-electron chi connectivity index (χ1n) is 9.27. The van der Waals surface area contributed by atoms with Gasteiger partial charge in [-0.2, -0.15) is 9.97 Å². The summed E-state index contributed by atoms with van der Waals surface area (Å²) in [4.78, 5) is 31.8. The quantitative estimate of drug-likeness (QED) is 0.383. The number of urea groups is 1. The summed E-state index contributed by atoms with van der Waals surface area (Å²) in [6, 6.07) is 2.61. The van der Waals surface area contributed by atoms with Crippen molar-refractivity contribution in [2.75, 3.05) is 32.9 Å². The van der Waals surface area contributed by atoms with Crippen molar-refractivity contribution in [3.63, 3.8) is 0 Å². The van der Waals surface area contributed by atoms with E-state index in [2.05, 4.69) is 24.7 Å². The van der Waals surface area contributed by atoms with Crippen LogP contribution >= 0.6 is 0 Å². The van der Waals surface area contributed by atoms with Crippen LogP contribution in [0.4, 0.5) is 10.7 Å². The summed E-state index contributed by atoms with van der Waals surface area (Å²) >= 11 is 0. The highest BCUT2D eigenvalue weighted by atomic mass is 32.2. The largest absolute Gasteiger partial charge is 0.481 e. The molecule has 0 bridgehead atoms. The van der Waals surface area contributed by atoms with Crippen LogP contribution in [0.5, 0.6) is 11.8 Å². The number of aromatic nitrogens is 2. The predicted molar refractivity (Wildman–Crippen MR) is 119 cm³/mol. The average Bonchev–Trinajstić information content (AvgIpc) is 2.75. The van der Waals surface area contributed by atoms with Crippen LogP contribution in [0, 0.1) is 6.92 Å². The van der Waals surface area contributed by atoms with Crippen molar-refractivity contribution in [2.45, 2.75) is 18.4 Å². The van der Waals surface area contributed by atoms with Crippen LogP contribution in [-0.2, 0) is 31.3 Å². The van der Waals surface area contributed by atoms with E-state index in [-0.39, 0.29) is 40.9 Å². The summed E-state index contributed by atoms with van der Waals surface area (Å²) in [5, 5.41) is 2.14. The Kier molecular flexibility index (Phi) is 8.36. The van der Waals surface area contributed by atoms with E-state index in [0.717, 1.165) is 19.4 Å². The van der Waals surface area contributed by atoms with Gasteiger partial charge in [-0.15, -0.1) is 0 Å². The number of hydrogen-bond acceptors (Lipinski definition) is 11. The average molecular weight is 518 g/mol. The molecule has 16 heteroatoms. The minimum Gasteiger partial charge on any atom is -0.481 e. The van der Waals surface area contributed by atoms with Gasteiger partial charge in [-0.25, -0.2) is 35.9 Å². The molecule has 0 aliphatic carbocycles. The van der Waals surface area contributed by atoms with Gasteiger partial charge in [-0.05, 0) is 24.1 Å². The van der Waals surface area contributed by atoms with Crippen molar-refractivity contribution in [2.24, 2.45) is 0 Å². The number of benzene rings is 1. The van der Waals surface area contributed by atoms with E-state index in [1.54, 1.807) is 4.72 Å². The van der Waals surface area contributed by atoms with Gasteiger partial charge in [-0.3, -0.25) is 5.32 Å². The third-order valence-corrected chi connectivity index (χ3v) is 6.45. The van der Waals surface area contributed by atoms with E-state index in [0.29, 0.717) is 0 Å². The normalized spacial score (nSPS) is 11.4. The molecule has 2 rings (SSSR count). The third kappa shape index (κ3) is 6.75. The summed E-state index contributed by atoms with van der Waals surface area (Å²) in [6.07, 6.45) is 0.935. The van der Waals surface area contributed by atoms with Gasteiger partial charge in [0.25, 0.3) is 10.0 Å². The van der Waals surface area contributed by atoms with E-state index in [1.807, 2.05) is 0 Å². The number of nitrogens with one attached hydrogen (secondary N) is 3. The number of anilines is 1. The number of esters is 1. The predicted octanol–water partition coefficient (Wildman–Crippen LogP) is 0.148. The summed E-state index contributed by atoms with van der Waals surface area (Å²) in [7, 11) is -4.56. The summed E-state index contributed by atoms with van der Waals surface area (Å²) in [5.41, 5.74) is -0.0823. The Morgan fingerprint density at radius 3 is 2.09 bits per heavy atom. The first-order chi connectivity index (χ1) is 15.8. The minimum absolute atomic E-state index is 0.0265. The number of ether oxygens (including phenoxy) is 3. The molecule has 3 N–H and O–H groups in total. The van der Waals surface area contributed by atoms with Gasteiger partial charge in [0.1, 0.15) is 4.90 Å². The Hall–Kier alpha value is -3.50. The molecule has 1 aromatic heterocycles. The second kappa shape index (κ2) is 10.6. The molecule has 0 unspecified atom stereocenters. The van der Waals surface area contributed by atoms with Gasteiger partial charge < -0.3 is 14.2 Å². The Morgan fingerprint density at radius 1 is 1.00 bits per heavy atom. The lowest BCUT2D eigenvalue weighted by Gasteiger charge is -2.16. The van der Waals surface area contributed by atoms with E-state index < -0.39 is 36.9 Å². The fraction of sp³-hybridized carbons (Fsp3) is 0.333. The van der Waals surface area contributed by atoms with Crippen molar-refractivity contribution < 1.29 is 40.6 Å². The lowest BCUT2D eigenvalue weighted by atomic mass is 10.0. The van der Waals surface area contributed by atoms with Crippen LogP contribution in [0.3, 0.4) is 0 Å². The smallest absolute Gasteiger partial charge is 0.339 e. The van der Waals surface area contributed by atoms with E-state index >= 15 is 0 Å². The second-order valence-corrected chi connectivity index (χ2v) is 10.1. The van der Waals surface area contributed by atoms with E-state index in [4.69, 9.17) is 9.47 Å². The van der Waals surface area contributed by atoms with Crippen LogP contribution in [0.15, 0.2) is 23.1 Å². The van der Waals surface area contributed by atoms with Crippen molar-refractivity contribution in [1.29, 1.82) is 0 Å². The highest BCUT2D eigenvalue weighted by Gasteiger charge is 2.29. The third-order valence-electron chi connectivity index (χ3n) is 4.27. The van der Waals surface area contributed by atoms with Gasteiger partial charge in [-0.1, -0.05) is 6.07 Å². The zero-order valence-electron chi connectivity index (χ0n) is 18.8. The number of carbonyl (C=O) groups excluding carboxylic acids is 2. The molecule has 0 radical (unpaired) electrons. The lowest BCUT2D eigenvalue weighted by molar-refractivity contribution is 0.0596. The second-order valence-electron chi connectivity index (χ2n) is 6.65. The maximum absolute atomic E-state index is 13.1. The monoisotopic (exact) mass is 517 g/mol. The van der Waals surface area contributed by atoms with Gasteiger partial charge in [0, 0.05) is 6.54 Å². The molecule has 0 fully saturated rings. The van der Waals surface area contributed by atoms with Crippen molar-refractivity contribution in [3.8, 4) is 11.8 Å². The summed E-state index contributed by atoms with van der Waals surface area (Å²) in [5.74, 6) is -1.22. The highest BCUT2D eigenvalue weighted by molar-refractivity contribution is 7.90. The first-order valence-corrected chi connectivity index (χ1v) is 12.6. The molecular formula is C18H23N5O9S2. The molecule has 34 heavy (non-hydrogen) atoms. The van der Waals surface area contributed by atoms with Crippen LogP contribution in [-0.4, -0.2) is 66.4 Å². The fourth-order valence-corrected chi connectivity index (χ4v) is 4.51. The number of sulfonamides is 2.